The van der Waals surface area contributed by atoms with Crippen LogP contribution >= 0.6 is 11.3 Å². The molecule has 5 heteroatoms. The lowest BCUT2D eigenvalue weighted by molar-refractivity contribution is 0.0532. The Bertz CT molecular complexity index is 655. The second kappa shape index (κ2) is 5.25. The van der Waals surface area contributed by atoms with Crippen molar-refractivity contribution in [2.45, 2.75) is 26.2 Å². The molecule has 4 nitrogen and oxygen atoms in total. The van der Waals surface area contributed by atoms with Crippen molar-refractivity contribution in [1.29, 1.82) is 0 Å². The van der Waals surface area contributed by atoms with Crippen LogP contribution in [-0.2, 0) is 11.2 Å². The molecule has 0 aromatic carbocycles. The second-order valence-electron chi connectivity index (χ2n) is 4.67. The highest BCUT2D eigenvalue weighted by atomic mass is 32.1. The van der Waals surface area contributed by atoms with Gasteiger partial charge in [-0.2, -0.15) is 0 Å². The predicted octanol–water partition coefficient (Wildman–Crippen LogP) is 3.23. The molecule has 0 saturated carbocycles. The molecule has 0 aliphatic heterocycles. The summed E-state index contributed by atoms with van der Waals surface area (Å²) in [6.45, 7) is 2.12. The fourth-order valence-corrected chi connectivity index (χ4v) is 3.75. The Balaban J connectivity index is 2.18. The molecule has 2 aromatic rings. The van der Waals surface area contributed by atoms with Crippen LogP contribution in [0.15, 0.2) is 24.5 Å². The number of fused-ring (bicyclic) bond motifs is 1. The van der Waals surface area contributed by atoms with E-state index in [2.05, 4.69) is 0 Å². The number of ketones is 1. The first-order valence-corrected chi connectivity index (χ1v) is 7.53. The van der Waals surface area contributed by atoms with E-state index in [4.69, 9.17) is 4.74 Å². The van der Waals surface area contributed by atoms with Crippen LogP contribution in [0.25, 0.3) is 5.69 Å². The van der Waals surface area contributed by atoms with Crippen molar-refractivity contribution in [3.8, 4) is 5.69 Å². The Hall–Kier alpha value is -1.88. The van der Waals surface area contributed by atoms with Crippen molar-refractivity contribution in [2.24, 2.45) is 0 Å². The minimum atomic E-state index is -0.344. The lowest BCUT2D eigenvalue weighted by atomic mass is 9.96. The highest BCUT2D eigenvalue weighted by Gasteiger charge is 2.29. The molecule has 0 atom stereocenters. The predicted molar refractivity (Wildman–Crippen MR) is 76.9 cm³/mol. The highest BCUT2D eigenvalue weighted by molar-refractivity contribution is 7.16. The number of nitrogens with zero attached hydrogens (tertiary/aromatic N) is 1. The Labute approximate surface area is 121 Å². The van der Waals surface area contributed by atoms with E-state index >= 15 is 0 Å². The summed E-state index contributed by atoms with van der Waals surface area (Å²) in [5, 5.41) is 0. The number of aromatic nitrogens is 1. The molecular weight excluding hydrogens is 274 g/mol. The Morgan fingerprint density at radius 1 is 1.35 bits per heavy atom. The molecule has 3 rings (SSSR count). The molecule has 0 radical (unpaired) electrons. The number of hydrogen-bond acceptors (Lipinski definition) is 4. The van der Waals surface area contributed by atoms with Crippen LogP contribution in [0.1, 0.15) is 44.7 Å². The summed E-state index contributed by atoms with van der Waals surface area (Å²) in [4.78, 5) is 25.5. The van der Waals surface area contributed by atoms with Gasteiger partial charge in [-0.05, 0) is 37.5 Å². The van der Waals surface area contributed by atoms with Crippen LogP contribution in [0.4, 0.5) is 0 Å². The van der Waals surface area contributed by atoms with E-state index in [-0.39, 0.29) is 11.8 Å². The standard InChI is InChI=1S/C15H15NO3S/c1-2-19-15(18)14-12(16-8-3-4-9-16)10-6-5-7-11(17)13(10)20-14/h3-4,8-9H,2,5-7H2,1H3. The number of esters is 1. The molecule has 104 valence electrons. The molecule has 0 fully saturated rings. The SMILES string of the molecule is CCOC(=O)c1sc2c(c1-n1cccc1)CCCC2=O. The maximum absolute atomic E-state index is 12.1. The van der Waals surface area contributed by atoms with Crippen LogP contribution in [0.5, 0.6) is 0 Å². The first-order chi connectivity index (χ1) is 9.72. The van der Waals surface area contributed by atoms with Crippen molar-refractivity contribution >= 4 is 23.1 Å². The fourth-order valence-electron chi connectivity index (χ4n) is 2.54. The number of rotatable bonds is 3. The van der Waals surface area contributed by atoms with Crippen LogP contribution in [-0.4, -0.2) is 22.9 Å². The summed E-state index contributed by atoms with van der Waals surface area (Å²) in [6, 6.07) is 3.81. The van der Waals surface area contributed by atoms with Crippen LogP contribution in [0.2, 0.25) is 0 Å². The van der Waals surface area contributed by atoms with E-state index in [0.717, 1.165) is 29.0 Å². The number of carbonyl (C=O) groups excluding carboxylic acids is 2. The number of thiophene rings is 1. The van der Waals surface area contributed by atoms with Gasteiger partial charge in [-0.3, -0.25) is 4.79 Å². The Kier molecular flexibility index (Phi) is 3.44. The van der Waals surface area contributed by atoms with Gasteiger partial charge in [-0.1, -0.05) is 0 Å². The molecule has 2 aromatic heterocycles. The summed E-state index contributed by atoms with van der Waals surface area (Å²) in [5.41, 5.74) is 1.81. The second-order valence-corrected chi connectivity index (χ2v) is 5.70. The monoisotopic (exact) mass is 289 g/mol. The third-order valence-electron chi connectivity index (χ3n) is 3.39. The minimum absolute atomic E-state index is 0.139. The minimum Gasteiger partial charge on any atom is -0.462 e. The molecule has 0 N–H and O–H groups in total. The summed E-state index contributed by atoms with van der Waals surface area (Å²) >= 11 is 1.27. The maximum Gasteiger partial charge on any atom is 0.350 e. The van der Waals surface area contributed by atoms with Crippen molar-refractivity contribution < 1.29 is 14.3 Å². The van der Waals surface area contributed by atoms with E-state index in [1.54, 1.807) is 6.92 Å². The van der Waals surface area contributed by atoms with Gasteiger partial charge in [0.2, 0.25) is 0 Å². The zero-order chi connectivity index (χ0) is 14.1. The first kappa shape index (κ1) is 13.1. The average Bonchev–Trinajstić information content (AvgIpc) is 3.05. The largest absolute Gasteiger partial charge is 0.462 e. The molecular formula is C15H15NO3S. The van der Waals surface area contributed by atoms with Gasteiger partial charge in [-0.25, -0.2) is 4.79 Å². The van der Waals surface area contributed by atoms with Gasteiger partial charge >= 0.3 is 5.97 Å². The zero-order valence-electron chi connectivity index (χ0n) is 11.2. The molecule has 0 bridgehead atoms. The van der Waals surface area contributed by atoms with Crippen molar-refractivity contribution in [3.63, 3.8) is 0 Å². The van der Waals surface area contributed by atoms with E-state index in [9.17, 15) is 9.59 Å². The first-order valence-electron chi connectivity index (χ1n) is 6.71. The average molecular weight is 289 g/mol. The van der Waals surface area contributed by atoms with Crippen LogP contribution in [0.3, 0.4) is 0 Å². The normalized spacial score (nSPS) is 14.2. The quantitative estimate of drug-likeness (QED) is 0.815. The molecule has 0 unspecified atom stereocenters. The van der Waals surface area contributed by atoms with Gasteiger partial charge in [-0.15, -0.1) is 11.3 Å². The summed E-state index contributed by atoms with van der Waals surface area (Å²) in [6.07, 6.45) is 6.04. The molecule has 0 spiro atoms. The fraction of sp³-hybridized carbons (Fsp3) is 0.333. The number of hydrogen-bond donors (Lipinski definition) is 0. The van der Waals surface area contributed by atoms with E-state index in [0.29, 0.717) is 17.9 Å². The van der Waals surface area contributed by atoms with Crippen LogP contribution in [0, 0.1) is 0 Å². The topological polar surface area (TPSA) is 48.3 Å². The van der Waals surface area contributed by atoms with E-state index in [1.807, 2.05) is 29.1 Å². The Morgan fingerprint density at radius 2 is 2.10 bits per heavy atom. The molecule has 1 aliphatic carbocycles. The number of Topliss-reactive ketones (excluding diaryl/α,β-unsaturated/α-hetero) is 1. The number of ether oxygens (including phenoxy) is 1. The van der Waals surface area contributed by atoms with E-state index in [1.165, 1.54) is 11.3 Å². The highest BCUT2D eigenvalue weighted by Crippen LogP contribution is 2.37. The van der Waals surface area contributed by atoms with Crippen LogP contribution < -0.4 is 0 Å². The molecule has 0 saturated heterocycles. The molecule has 1 aliphatic rings. The summed E-state index contributed by atoms with van der Waals surface area (Å²) in [7, 11) is 0. The van der Waals surface area contributed by atoms with Gasteiger partial charge in [0.05, 0.1) is 17.2 Å². The molecule has 20 heavy (non-hydrogen) atoms. The lowest BCUT2D eigenvalue weighted by Crippen LogP contribution is -2.10. The number of carbonyl (C=O) groups is 2. The van der Waals surface area contributed by atoms with Gasteiger partial charge in [0.25, 0.3) is 0 Å². The van der Waals surface area contributed by atoms with Crippen molar-refractivity contribution in [2.75, 3.05) is 6.61 Å². The van der Waals surface area contributed by atoms with E-state index < -0.39 is 0 Å². The van der Waals surface area contributed by atoms with Gasteiger partial charge < -0.3 is 9.30 Å². The zero-order valence-corrected chi connectivity index (χ0v) is 12.0. The molecule has 2 heterocycles. The lowest BCUT2D eigenvalue weighted by Gasteiger charge is -2.13. The van der Waals surface area contributed by atoms with Gasteiger partial charge in [0, 0.05) is 18.8 Å². The summed E-state index contributed by atoms with van der Waals surface area (Å²) < 4.78 is 7.03. The molecule has 0 amide bonds. The smallest absolute Gasteiger partial charge is 0.350 e. The Morgan fingerprint density at radius 3 is 2.80 bits per heavy atom. The maximum atomic E-state index is 12.1. The van der Waals surface area contributed by atoms with Gasteiger partial charge in [0.15, 0.2) is 5.78 Å². The van der Waals surface area contributed by atoms with Crippen molar-refractivity contribution in [1.82, 2.24) is 4.57 Å². The third-order valence-corrected chi connectivity index (χ3v) is 4.63. The van der Waals surface area contributed by atoms with Crippen molar-refractivity contribution in [3.05, 3.63) is 39.8 Å². The van der Waals surface area contributed by atoms with Gasteiger partial charge in [0.1, 0.15) is 4.88 Å². The summed E-state index contributed by atoms with van der Waals surface area (Å²) in [5.74, 6) is -0.205. The third kappa shape index (κ3) is 2.08.